The zero-order chi connectivity index (χ0) is 21.1. The molecule has 8 heteroatoms. The number of hydrogen-bond acceptors (Lipinski definition) is 6. The van der Waals surface area contributed by atoms with Gasteiger partial charge in [-0.05, 0) is 44.4 Å². The van der Waals surface area contributed by atoms with Crippen LogP contribution in [-0.2, 0) is 6.54 Å². The number of aliphatic imine (C=N–C) groups is 1. The average molecular weight is 404 g/mol. The predicted molar refractivity (Wildman–Crippen MR) is 113 cm³/mol. The molecule has 0 fully saturated rings. The average Bonchev–Trinajstić information content (AvgIpc) is 3.14. The molecular formula is C21H33N5O3. The zero-order valence-corrected chi connectivity index (χ0v) is 18.1. The van der Waals surface area contributed by atoms with Crippen LogP contribution in [0.4, 0.5) is 0 Å². The summed E-state index contributed by atoms with van der Waals surface area (Å²) < 4.78 is 16.7. The molecule has 0 amide bonds. The molecule has 160 valence electrons. The Labute approximate surface area is 173 Å². The maximum Gasteiger partial charge on any atom is 0.223 e. The van der Waals surface area contributed by atoms with Crippen molar-refractivity contribution in [1.82, 2.24) is 20.8 Å². The number of rotatable bonds is 11. The van der Waals surface area contributed by atoms with Crippen LogP contribution in [0.3, 0.4) is 0 Å². The molecule has 2 rings (SSSR count). The number of guanidine groups is 1. The minimum absolute atomic E-state index is 0.0176. The van der Waals surface area contributed by atoms with Gasteiger partial charge in [0.15, 0.2) is 23.3 Å². The molecule has 2 N–H and O–H groups in total. The van der Waals surface area contributed by atoms with Gasteiger partial charge in [0.25, 0.3) is 0 Å². The highest BCUT2D eigenvalue weighted by molar-refractivity contribution is 5.80. The minimum atomic E-state index is 0.0176. The number of benzene rings is 1. The second kappa shape index (κ2) is 11.9. The number of nitrogens with zero attached hydrogens (tertiary/aromatic N) is 3. The smallest absolute Gasteiger partial charge is 0.223 e. The van der Waals surface area contributed by atoms with Crippen LogP contribution in [0.25, 0.3) is 0 Å². The largest absolute Gasteiger partial charge is 0.490 e. The third-order valence-corrected chi connectivity index (χ3v) is 4.04. The summed E-state index contributed by atoms with van der Waals surface area (Å²) in [5, 5.41) is 10.5. The van der Waals surface area contributed by atoms with Gasteiger partial charge in [0.1, 0.15) is 6.54 Å². The molecule has 0 radical (unpaired) electrons. The minimum Gasteiger partial charge on any atom is -0.490 e. The molecule has 1 atom stereocenters. The quantitative estimate of drug-likeness (QED) is 0.436. The maximum absolute atomic E-state index is 5.91. The Balaban J connectivity index is 2.11. The van der Waals surface area contributed by atoms with E-state index in [2.05, 4.69) is 46.5 Å². The second-order valence-electron chi connectivity index (χ2n) is 6.69. The first-order valence-electron chi connectivity index (χ1n) is 10.3. The van der Waals surface area contributed by atoms with E-state index in [1.54, 1.807) is 6.92 Å². The van der Waals surface area contributed by atoms with Gasteiger partial charge in [-0.1, -0.05) is 25.1 Å². The number of ether oxygens (including phenoxy) is 2. The standard InChI is InChI=1S/C21H33N5O3/c1-6-11-27-18-10-9-17(13-19(18)28-12-7-2)15(4)24-21(22-8-3)23-14-20-25-16(5)29-26-20/h9-10,13,15H,6-8,11-12,14H2,1-5H3,(H2,22,23,24). The van der Waals surface area contributed by atoms with E-state index in [0.29, 0.717) is 37.4 Å². The van der Waals surface area contributed by atoms with E-state index in [1.807, 2.05) is 25.1 Å². The summed E-state index contributed by atoms with van der Waals surface area (Å²) in [7, 11) is 0. The lowest BCUT2D eigenvalue weighted by molar-refractivity contribution is 0.268. The summed E-state index contributed by atoms with van der Waals surface area (Å²) >= 11 is 0. The summed E-state index contributed by atoms with van der Waals surface area (Å²) in [4.78, 5) is 8.73. The highest BCUT2D eigenvalue weighted by Gasteiger charge is 2.13. The number of hydrogen-bond donors (Lipinski definition) is 2. The molecule has 2 aromatic rings. The van der Waals surface area contributed by atoms with Crippen LogP contribution in [-0.4, -0.2) is 35.9 Å². The molecule has 1 aromatic carbocycles. The van der Waals surface area contributed by atoms with E-state index >= 15 is 0 Å². The molecule has 29 heavy (non-hydrogen) atoms. The third kappa shape index (κ3) is 7.29. The third-order valence-electron chi connectivity index (χ3n) is 4.04. The Kier molecular flexibility index (Phi) is 9.27. The van der Waals surface area contributed by atoms with Crippen LogP contribution >= 0.6 is 0 Å². The first kappa shape index (κ1) is 22.5. The fourth-order valence-corrected chi connectivity index (χ4v) is 2.61. The summed E-state index contributed by atoms with van der Waals surface area (Å²) in [6, 6.07) is 6.07. The van der Waals surface area contributed by atoms with Crippen LogP contribution in [0.15, 0.2) is 27.7 Å². The maximum atomic E-state index is 5.91. The van der Waals surface area contributed by atoms with Gasteiger partial charge in [0.2, 0.25) is 5.89 Å². The van der Waals surface area contributed by atoms with Crippen molar-refractivity contribution in [1.29, 1.82) is 0 Å². The fourth-order valence-electron chi connectivity index (χ4n) is 2.61. The summed E-state index contributed by atoms with van der Waals surface area (Å²) in [5.41, 5.74) is 1.08. The molecule has 0 aliphatic rings. The highest BCUT2D eigenvalue weighted by atomic mass is 16.5. The molecule has 0 spiro atoms. The monoisotopic (exact) mass is 403 g/mol. The lowest BCUT2D eigenvalue weighted by atomic mass is 10.1. The van der Waals surface area contributed by atoms with E-state index in [-0.39, 0.29) is 6.04 Å². The van der Waals surface area contributed by atoms with E-state index in [9.17, 15) is 0 Å². The van der Waals surface area contributed by atoms with Gasteiger partial charge in [-0.25, -0.2) is 4.99 Å². The van der Waals surface area contributed by atoms with E-state index < -0.39 is 0 Å². The van der Waals surface area contributed by atoms with Crippen molar-refractivity contribution in [2.75, 3.05) is 19.8 Å². The molecule has 0 bridgehead atoms. The number of aryl methyl sites for hydroxylation is 1. The van der Waals surface area contributed by atoms with Crippen molar-refractivity contribution in [3.05, 3.63) is 35.5 Å². The van der Waals surface area contributed by atoms with Gasteiger partial charge in [-0.15, -0.1) is 0 Å². The lowest BCUT2D eigenvalue weighted by Crippen LogP contribution is -2.38. The van der Waals surface area contributed by atoms with E-state index in [1.165, 1.54) is 0 Å². The summed E-state index contributed by atoms with van der Waals surface area (Å²) in [6.07, 6.45) is 1.90. The van der Waals surface area contributed by atoms with Crippen molar-refractivity contribution in [2.45, 2.75) is 60.0 Å². The van der Waals surface area contributed by atoms with Crippen LogP contribution in [0.2, 0.25) is 0 Å². The van der Waals surface area contributed by atoms with Crippen LogP contribution in [0.1, 0.15) is 63.9 Å². The fraction of sp³-hybridized carbons (Fsp3) is 0.571. The second-order valence-corrected chi connectivity index (χ2v) is 6.69. The molecule has 1 aromatic heterocycles. The Morgan fingerprint density at radius 2 is 1.86 bits per heavy atom. The van der Waals surface area contributed by atoms with Gasteiger partial charge in [0.05, 0.1) is 19.3 Å². The van der Waals surface area contributed by atoms with Gasteiger partial charge in [-0.3, -0.25) is 0 Å². The zero-order valence-electron chi connectivity index (χ0n) is 18.1. The van der Waals surface area contributed by atoms with Gasteiger partial charge in [0, 0.05) is 13.5 Å². The van der Waals surface area contributed by atoms with Crippen LogP contribution in [0, 0.1) is 6.92 Å². The highest BCUT2D eigenvalue weighted by Crippen LogP contribution is 2.31. The molecule has 0 saturated heterocycles. The molecule has 1 unspecified atom stereocenters. The van der Waals surface area contributed by atoms with Gasteiger partial charge < -0.3 is 24.6 Å². The Morgan fingerprint density at radius 1 is 1.14 bits per heavy atom. The van der Waals surface area contributed by atoms with Crippen molar-refractivity contribution >= 4 is 5.96 Å². The van der Waals surface area contributed by atoms with Crippen molar-refractivity contribution in [3.8, 4) is 11.5 Å². The topological polar surface area (TPSA) is 93.8 Å². The molecule has 0 saturated carbocycles. The number of nitrogens with one attached hydrogen (secondary N) is 2. The van der Waals surface area contributed by atoms with Crippen LogP contribution in [0.5, 0.6) is 11.5 Å². The van der Waals surface area contributed by atoms with Crippen molar-refractivity contribution in [2.24, 2.45) is 4.99 Å². The Hall–Kier alpha value is -2.77. The van der Waals surface area contributed by atoms with E-state index in [4.69, 9.17) is 14.0 Å². The Bertz CT molecular complexity index is 775. The summed E-state index contributed by atoms with van der Waals surface area (Å²) in [6.45, 7) is 12.5. The van der Waals surface area contributed by atoms with Gasteiger partial charge >= 0.3 is 0 Å². The molecule has 8 nitrogen and oxygen atoms in total. The number of aromatic nitrogens is 2. The SMILES string of the molecule is CCCOc1ccc(C(C)NC(=NCc2noc(C)n2)NCC)cc1OCCC. The van der Waals surface area contributed by atoms with Crippen molar-refractivity contribution in [3.63, 3.8) is 0 Å². The van der Waals surface area contributed by atoms with E-state index in [0.717, 1.165) is 36.4 Å². The molecule has 0 aliphatic heterocycles. The first-order chi connectivity index (χ1) is 14.1. The van der Waals surface area contributed by atoms with Gasteiger partial charge in [-0.2, -0.15) is 4.98 Å². The normalized spacial score (nSPS) is 12.5. The molecule has 0 aliphatic carbocycles. The first-order valence-corrected chi connectivity index (χ1v) is 10.3. The van der Waals surface area contributed by atoms with Crippen LogP contribution < -0.4 is 20.1 Å². The molecule has 1 heterocycles. The lowest BCUT2D eigenvalue weighted by Gasteiger charge is -2.20. The molecular weight excluding hydrogens is 370 g/mol. The Morgan fingerprint density at radius 3 is 2.48 bits per heavy atom. The van der Waals surface area contributed by atoms with Crippen molar-refractivity contribution < 1.29 is 14.0 Å². The summed E-state index contributed by atoms with van der Waals surface area (Å²) in [5.74, 6) is 3.33. The predicted octanol–water partition coefficient (Wildman–Crippen LogP) is 3.77.